The predicted molar refractivity (Wildman–Crippen MR) is 138 cm³/mol. The lowest BCUT2D eigenvalue weighted by Crippen LogP contribution is -2.48. The van der Waals surface area contributed by atoms with Crippen LogP contribution >= 0.6 is 7.82 Å². The van der Waals surface area contributed by atoms with Gasteiger partial charge in [0.05, 0.1) is 12.2 Å². The van der Waals surface area contributed by atoms with Gasteiger partial charge in [0.25, 0.3) is 0 Å². The molecule has 2 atom stereocenters. The van der Waals surface area contributed by atoms with Crippen LogP contribution in [0.1, 0.15) is 61.8 Å². The maximum atomic E-state index is 11.7. The Balaban J connectivity index is 1.68. The van der Waals surface area contributed by atoms with Crippen molar-refractivity contribution < 1.29 is 33.1 Å². The number of hydrogen-bond acceptors (Lipinski definition) is 7. The Morgan fingerprint density at radius 3 is 2.73 bits per heavy atom. The number of rotatable bonds is 13. The number of carbonyl (C=O) groups is 1. The Labute approximate surface area is 218 Å². The number of ether oxygens (including phenoxy) is 2. The SMILES string of the molecule is CCOC(=O)CCc1ccc(C#N)c(OCC(CNC(C)(C)C2CCc3ccccc32)OP(=O)(O)O)c1. The second-order valence-electron chi connectivity index (χ2n) is 9.67. The van der Waals surface area contributed by atoms with Crippen LogP contribution in [0.5, 0.6) is 5.75 Å². The van der Waals surface area contributed by atoms with Gasteiger partial charge in [-0.25, -0.2) is 4.57 Å². The van der Waals surface area contributed by atoms with Crippen LogP contribution in [0, 0.1) is 11.3 Å². The topological polar surface area (TPSA) is 138 Å². The molecule has 0 spiro atoms. The molecule has 1 aliphatic rings. The first kappa shape index (κ1) is 28.8. The maximum Gasteiger partial charge on any atom is 0.470 e. The molecule has 0 saturated heterocycles. The molecular formula is C27H35N2O7P. The van der Waals surface area contributed by atoms with E-state index >= 15 is 0 Å². The number of phosphoric acid groups is 1. The van der Waals surface area contributed by atoms with E-state index < -0.39 is 13.9 Å². The fraction of sp³-hybridized carbons (Fsp3) is 0.481. The third-order valence-corrected chi connectivity index (χ3v) is 7.16. The van der Waals surface area contributed by atoms with Crippen molar-refractivity contribution in [3.8, 4) is 11.8 Å². The summed E-state index contributed by atoms with van der Waals surface area (Å²) in [4.78, 5) is 30.6. The van der Waals surface area contributed by atoms with E-state index in [-0.39, 0.29) is 48.3 Å². The van der Waals surface area contributed by atoms with Gasteiger partial charge in [0.1, 0.15) is 24.5 Å². The Kier molecular flexibility index (Phi) is 9.88. The lowest BCUT2D eigenvalue weighted by molar-refractivity contribution is -0.143. The second kappa shape index (κ2) is 12.7. The summed E-state index contributed by atoms with van der Waals surface area (Å²) >= 11 is 0. The minimum absolute atomic E-state index is 0.126. The van der Waals surface area contributed by atoms with Crippen LogP contribution in [0.15, 0.2) is 42.5 Å². The fourth-order valence-corrected chi connectivity index (χ4v) is 5.25. The van der Waals surface area contributed by atoms with Crippen molar-refractivity contribution in [2.75, 3.05) is 19.8 Å². The molecule has 1 aliphatic carbocycles. The van der Waals surface area contributed by atoms with Crippen LogP contribution in [-0.2, 0) is 31.5 Å². The third-order valence-electron chi connectivity index (χ3n) is 6.59. The van der Waals surface area contributed by atoms with Gasteiger partial charge in [0, 0.05) is 24.4 Å². The van der Waals surface area contributed by atoms with Crippen molar-refractivity contribution in [1.29, 1.82) is 5.26 Å². The molecule has 2 unspecified atom stereocenters. The zero-order valence-corrected chi connectivity index (χ0v) is 22.4. The van der Waals surface area contributed by atoms with E-state index in [9.17, 15) is 24.4 Å². The zero-order valence-electron chi connectivity index (χ0n) is 21.5. The molecule has 0 saturated carbocycles. The van der Waals surface area contributed by atoms with Gasteiger partial charge in [-0.15, -0.1) is 0 Å². The van der Waals surface area contributed by atoms with Gasteiger partial charge in [-0.2, -0.15) is 5.26 Å². The molecule has 2 aromatic rings. The summed E-state index contributed by atoms with van der Waals surface area (Å²) in [5, 5.41) is 12.9. The number of fused-ring (bicyclic) bond motifs is 1. The van der Waals surface area contributed by atoms with Gasteiger partial charge in [0.15, 0.2) is 0 Å². The molecular weight excluding hydrogens is 495 g/mol. The number of carbonyl (C=O) groups excluding carboxylic acids is 1. The van der Waals surface area contributed by atoms with E-state index in [0.717, 1.165) is 18.4 Å². The van der Waals surface area contributed by atoms with E-state index in [2.05, 4.69) is 37.4 Å². The minimum Gasteiger partial charge on any atom is -0.489 e. The van der Waals surface area contributed by atoms with E-state index in [1.54, 1.807) is 25.1 Å². The molecule has 3 N–H and O–H groups in total. The molecule has 3 rings (SSSR count). The number of aryl methyl sites for hydroxylation is 2. The number of benzene rings is 2. The van der Waals surface area contributed by atoms with Gasteiger partial charge >= 0.3 is 13.8 Å². The number of esters is 1. The van der Waals surface area contributed by atoms with Crippen LogP contribution in [0.25, 0.3) is 0 Å². The van der Waals surface area contributed by atoms with Crippen molar-refractivity contribution >= 4 is 13.8 Å². The Bertz CT molecular complexity index is 1170. The van der Waals surface area contributed by atoms with Crippen molar-refractivity contribution in [3.63, 3.8) is 0 Å². The molecule has 0 fully saturated rings. The molecule has 10 heteroatoms. The molecule has 200 valence electrons. The van der Waals surface area contributed by atoms with Crippen molar-refractivity contribution in [1.82, 2.24) is 5.32 Å². The van der Waals surface area contributed by atoms with Crippen LogP contribution in [0.2, 0.25) is 0 Å². The zero-order chi connectivity index (χ0) is 27.1. The average Bonchev–Trinajstić information content (AvgIpc) is 3.29. The monoisotopic (exact) mass is 530 g/mol. The predicted octanol–water partition coefficient (Wildman–Crippen LogP) is 4.01. The van der Waals surface area contributed by atoms with E-state index in [4.69, 9.17) is 14.0 Å². The first-order valence-corrected chi connectivity index (χ1v) is 13.9. The standard InChI is InChI=1S/C27H35N2O7P/c1-4-34-26(30)14-10-19-9-11-21(16-28)25(15-19)35-18-22(36-37(31,32)33)17-29-27(2,3)24-13-12-20-7-5-6-8-23(20)24/h5-9,11,15,22,24,29H,4,10,12-14,17-18H2,1-3H3,(H2,31,32,33). The summed E-state index contributed by atoms with van der Waals surface area (Å²) in [5.74, 6) is 0.178. The number of phosphoric ester groups is 1. The largest absolute Gasteiger partial charge is 0.489 e. The lowest BCUT2D eigenvalue weighted by atomic mass is 9.83. The van der Waals surface area contributed by atoms with Gasteiger partial charge in [-0.3, -0.25) is 9.32 Å². The Morgan fingerprint density at radius 2 is 2.03 bits per heavy atom. The quantitative estimate of drug-likeness (QED) is 0.259. The summed E-state index contributed by atoms with van der Waals surface area (Å²) in [5.41, 5.74) is 3.27. The summed E-state index contributed by atoms with van der Waals surface area (Å²) in [7, 11) is -4.80. The number of hydrogen-bond donors (Lipinski definition) is 3. The molecule has 0 bridgehead atoms. The first-order chi connectivity index (χ1) is 17.5. The van der Waals surface area contributed by atoms with Crippen LogP contribution in [-0.4, -0.2) is 47.2 Å². The second-order valence-corrected chi connectivity index (χ2v) is 10.9. The van der Waals surface area contributed by atoms with E-state index in [0.29, 0.717) is 13.0 Å². The van der Waals surface area contributed by atoms with Gasteiger partial charge in [-0.1, -0.05) is 30.3 Å². The number of nitrogens with zero attached hydrogens (tertiary/aromatic N) is 1. The van der Waals surface area contributed by atoms with Crippen molar-refractivity contribution in [3.05, 3.63) is 64.7 Å². The molecule has 9 nitrogen and oxygen atoms in total. The lowest BCUT2D eigenvalue weighted by Gasteiger charge is -2.35. The molecule has 2 aromatic carbocycles. The van der Waals surface area contributed by atoms with Gasteiger partial charge < -0.3 is 24.6 Å². The third kappa shape index (κ3) is 8.39. The van der Waals surface area contributed by atoms with Crippen LogP contribution in [0.4, 0.5) is 0 Å². The summed E-state index contributed by atoms with van der Waals surface area (Å²) in [6.07, 6.45) is 1.57. The Morgan fingerprint density at radius 1 is 1.27 bits per heavy atom. The highest BCUT2D eigenvalue weighted by Crippen LogP contribution is 2.41. The van der Waals surface area contributed by atoms with E-state index in [1.807, 2.05) is 12.1 Å². The van der Waals surface area contributed by atoms with Gasteiger partial charge in [-0.05, 0) is 68.9 Å². The van der Waals surface area contributed by atoms with E-state index in [1.165, 1.54) is 11.1 Å². The molecule has 0 radical (unpaired) electrons. The molecule has 0 heterocycles. The molecule has 0 aromatic heterocycles. The normalized spacial score (nSPS) is 16.1. The molecule has 37 heavy (non-hydrogen) atoms. The summed E-state index contributed by atoms with van der Waals surface area (Å²) < 4.78 is 27.5. The van der Waals surface area contributed by atoms with Crippen LogP contribution < -0.4 is 10.1 Å². The number of nitriles is 1. The van der Waals surface area contributed by atoms with Crippen molar-refractivity contribution in [2.45, 2.75) is 64.0 Å². The highest BCUT2D eigenvalue weighted by atomic mass is 31.2. The van der Waals surface area contributed by atoms with Crippen LogP contribution in [0.3, 0.4) is 0 Å². The first-order valence-electron chi connectivity index (χ1n) is 12.4. The fourth-order valence-electron chi connectivity index (χ4n) is 4.72. The maximum absolute atomic E-state index is 11.7. The van der Waals surface area contributed by atoms with Gasteiger partial charge in [0.2, 0.25) is 0 Å². The highest BCUT2D eigenvalue weighted by molar-refractivity contribution is 7.46. The highest BCUT2D eigenvalue weighted by Gasteiger charge is 2.36. The summed E-state index contributed by atoms with van der Waals surface area (Å²) in [6.45, 7) is 6.11. The summed E-state index contributed by atoms with van der Waals surface area (Å²) in [6, 6.07) is 15.3. The molecule has 0 amide bonds. The van der Waals surface area contributed by atoms with Crippen molar-refractivity contribution in [2.24, 2.45) is 0 Å². The average molecular weight is 531 g/mol. The minimum atomic E-state index is -4.80. The Hall–Kier alpha value is -2.73. The molecule has 0 aliphatic heterocycles. The number of nitrogens with one attached hydrogen (secondary N) is 1. The smallest absolute Gasteiger partial charge is 0.470 e.